The highest BCUT2D eigenvalue weighted by atomic mass is 16.7. The smallest absolute Gasteiger partial charge is 0.231 e. The number of rotatable bonds is 6. The van der Waals surface area contributed by atoms with Crippen molar-refractivity contribution in [3.63, 3.8) is 0 Å². The first-order valence-electron chi connectivity index (χ1n) is 9.66. The second-order valence-corrected chi connectivity index (χ2v) is 7.08. The molecule has 2 aliphatic heterocycles. The van der Waals surface area contributed by atoms with Gasteiger partial charge in [-0.3, -0.25) is 4.90 Å². The number of hydrogen-bond donors (Lipinski definition) is 1. The van der Waals surface area contributed by atoms with Crippen molar-refractivity contribution in [3.05, 3.63) is 35.5 Å². The molecule has 1 saturated heterocycles. The standard InChI is InChI=1S/C20H27N5O2/c1-3-6-21-19-15(2)12-22-20(23-19)25-9-7-24(8-10-25)13-16-4-5-17-18(11-16)27-14-26-17/h4-5,11-12H,3,6-10,13-14H2,1-2H3,(H,21,22,23). The average Bonchev–Trinajstić information content (AvgIpc) is 3.16. The SMILES string of the molecule is CCCNc1nc(N2CCN(Cc3ccc4c(c3)OCO4)CC2)ncc1C. The van der Waals surface area contributed by atoms with Gasteiger partial charge in [0, 0.05) is 51.0 Å². The maximum absolute atomic E-state index is 5.48. The summed E-state index contributed by atoms with van der Waals surface area (Å²) < 4.78 is 10.9. The lowest BCUT2D eigenvalue weighted by atomic mass is 10.1. The lowest BCUT2D eigenvalue weighted by Gasteiger charge is -2.35. The molecule has 0 saturated carbocycles. The topological polar surface area (TPSA) is 62.8 Å². The van der Waals surface area contributed by atoms with Crippen molar-refractivity contribution >= 4 is 11.8 Å². The Balaban J connectivity index is 1.35. The molecule has 144 valence electrons. The van der Waals surface area contributed by atoms with Crippen LogP contribution in [0.4, 0.5) is 11.8 Å². The predicted octanol–water partition coefficient (Wildman–Crippen LogP) is 2.66. The minimum atomic E-state index is 0.323. The normalized spacial score (nSPS) is 16.6. The van der Waals surface area contributed by atoms with E-state index in [-0.39, 0.29) is 0 Å². The van der Waals surface area contributed by atoms with Crippen LogP contribution in [-0.4, -0.2) is 54.4 Å². The summed E-state index contributed by atoms with van der Waals surface area (Å²) in [5, 5.41) is 3.39. The van der Waals surface area contributed by atoms with E-state index in [0.717, 1.165) is 74.5 Å². The van der Waals surface area contributed by atoms with Crippen LogP contribution in [-0.2, 0) is 6.54 Å². The Hall–Kier alpha value is -2.54. The Labute approximate surface area is 160 Å². The van der Waals surface area contributed by atoms with Crippen molar-refractivity contribution in [2.45, 2.75) is 26.8 Å². The van der Waals surface area contributed by atoms with E-state index >= 15 is 0 Å². The summed E-state index contributed by atoms with van der Waals surface area (Å²) in [5.41, 5.74) is 2.35. The zero-order chi connectivity index (χ0) is 18.6. The van der Waals surface area contributed by atoms with Crippen LogP contribution >= 0.6 is 0 Å². The van der Waals surface area contributed by atoms with Crippen LogP contribution in [0.3, 0.4) is 0 Å². The van der Waals surface area contributed by atoms with Crippen molar-refractivity contribution in [1.82, 2.24) is 14.9 Å². The molecule has 1 N–H and O–H groups in total. The molecule has 0 radical (unpaired) electrons. The molecule has 7 nitrogen and oxygen atoms in total. The minimum absolute atomic E-state index is 0.323. The van der Waals surface area contributed by atoms with Crippen LogP contribution in [0.1, 0.15) is 24.5 Å². The first-order chi connectivity index (χ1) is 13.2. The molecule has 0 amide bonds. The first-order valence-corrected chi connectivity index (χ1v) is 9.66. The van der Waals surface area contributed by atoms with Crippen LogP contribution in [0, 0.1) is 6.92 Å². The number of ether oxygens (including phenoxy) is 2. The fourth-order valence-electron chi connectivity index (χ4n) is 3.41. The summed E-state index contributed by atoms with van der Waals surface area (Å²) in [7, 11) is 0. The molecule has 1 aromatic carbocycles. The van der Waals surface area contributed by atoms with Crippen molar-refractivity contribution in [2.24, 2.45) is 0 Å². The molecule has 0 aliphatic carbocycles. The zero-order valence-electron chi connectivity index (χ0n) is 16.1. The Morgan fingerprint density at radius 3 is 2.74 bits per heavy atom. The largest absolute Gasteiger partial charge is 0.454 e. The second-order valence-electron chi connectivity index (χ2n) is 7.08. The number of aryl methyl sites for hydroxylation is 1. The van der Waals surface area contributed by atoms with E-state index in [1.165, 1.54) is 5.56 Å². The van der Waals surface area contributed by atoms with Gasteiger partial charge < -0.3 is 19.7 Å². The van der Waals surface area contributed by atoms with E-state index in [0.29, 0.717) is 6.79 Å². The number of aromatic nitrogens is 2. The van der Waals surface area contributed by atoms with Crippen molar-refractivity contribution in [3.8, 4) is 11.5 Å². The van der Waals surface area contributed by atoms with E-state index in [9.17, 15) is 0 Å². The summed E-state index contributed by atoms with van der Waals surface area (Å²) in [6, 6.07) is 6.21. The van der Waals surface area contributed by atoms with Gasteiger partial charge in [0.2, 0.25) is 12.7 Å². The lowest BCUT2D eigenvalue weighted by molar-refractivity contribution is 0.174. The van der Waals surface area contributed by atoms with Crippen LogP contribution in [0.5, 0.6) is 11.5 Å². The highest BCUT2D eigenvalue weighted by molar-refractivity contribution is 5.47. The Kier molecular flexibility index (Phi) is 5.29. The van der Waals surface area contributed by atoms with Crippen LogP contribution in [0.25, 0.3) is 0 Å². The van der Waals surface area contributed by atoms with E-state index in [2.05, 4.69) is 39.2 Å². The van der Waals surface area contributed by atoms with Crippen LogP contribution in [0.2, 0.25) is 0 Å². The molecule has 3 heterocycles. The third-order valence-electron chi connectivity index (χ3n) is 5.00. The molecular formula is C20H27N5O2. The summed E-state index contributed by atoms with van der Waals surface area (Å²) in [6.07, 6.45) is 3.00. The van der Waals surface area contributed by atoms with Gasteiger partial charge in [-0.2, -0.15) is 4.98 Å². The van der Waals surface area contributed by atoms with Gasteiger partial charge in [0.15, 0.2) is 11.5 Å². The van der Waals surface area contributed by atoms with Gasteiger partial charge in [-0.25, -0.2) is 4.98 Å². The van der Waals surface area contributed by atoms with Gasteiger partial charge in [-0.15, -0.1) is 0 Å². The van der Waals surface area contributed by atoms with Gasteiger partial charge in [0.05, 0.1) is 0 Å². The minimum Gasteiger partial charge on any atom is -0.454 e. The zero-order valence-corrected chi connectivity index (χ0v) is 16.1. The molecule has 7 heteroatoms. The molecule has 1 aromatic heterocycles. The second kappa shape index (κ2) is 8.00. The quantitative estimate of drug-likeness (QED) is 0.840. The van der Waals surface area contributed by atoms with Gasteiger partial charge >= 0.3 is 0 Å². The van der Waals surface area contributed by atoms with Gasteiger partial charge in [-0.1, -0.05) is 13.0 Å². The summed E-state index contributed by atoms with van der Waals surface area (Å²) in [6.45, 7) is 10.2. The van der Waals surface area contributed by atoms with Crippen LogP contribution < -0.4 is 19.7 Å². The predicted molar refractivity (Wildman–Crippen MR) is 106 cm³/mol. The Bertz CT molecular complexity index is 790. The van der Waals surface area contributed by atoms with Crippen molar-refractivity contribution in [2.75, 3.05) is 49.7 Å². The molecular weight excluding hydrogens is 342 g/mol. The molecule has 0 unspecified atom stereocenters. The van der Waals surface area contributed by atoms with Gasteiger partial charge in [0.25, 0.3) is 0 Å². The summed E-state index contributed by atoms with van der Waals surface area (Å²) in [4.78, 5) is 14.0. The highest BCUT2D eigenvalue weighted by Gasteiger charge is 2.21. The molecule has 0 atom stereocenters. The Morgan fingerprint density at radius 2 is 1.93 bits per heavy atom. The monoisotopic (exact) mass is 369 g/mol. The van der Waals surface area contributed by atoms with Crippen LogP contribution in [0.15, 0.2) is 24.4 Å². The van der Waals surface area contributed by atoms with E-state index in [4.69, 9.17) is 14.5 Å². The number of piperazine rings is 1. The average molecular weight is 369 g/mol. The van der Waals surface area contributed by atoms with E-state index in [1.807, 2.05) is 19.2 Å². The maximum Gasteiger partial charge on any atom is 0.231 e. The number of anilines is 2. The maximum atomic E-state index is 5.48. The number of nitrogens with zero attached hydrogens (tertiary/aromatic N) is 4. The Morgan fingerprint density at radius 1 is 1.11 bits per heavy atom. The summed E-state index contributed by atoms with van der Waals surface area (Å²) >= 11 is 0. The van der Waals surface area contributed by atoms with Gasteiger partial charge in [-0.05, 0) is 31.0 Å². The van der Waals surface area contributed by atoms with Crippen molar-refractivity contribution < 1.29 is 9.47 Å². The fraction of sp³-hybridized carbons (Fsp3) is 0.500. The van der Waals surface area contributed by atoms with E-state index < -0.39 is 0 Å². The molecule has 1 fully saturated rings. The number of nitrogens with one attached hydrogen (secondary N) is 1. The molecule has 0 bridgehead atoms. The first kappa shape index (κ1) is 17.9. The molecule has 2 aromatic rings. The number of hydrogen-bond acceptors (Lipinski definition) is 7. The highest BCUT2D eigenvalue weighted by Crippen LogP contribution is 2.32. The fourth-order valence-corrected chi connectivity index (χ4v) is 3.41. The van der Waals surface area contributed by atoms with Gasteiger partial charge in [0.1, 0.15) is 5.82 Å². The third kappa shape index (κ3) is 4.08. The molecule has 4 rings (SSSR count). The molecule has 0 spiro atoms. The molecule has 2 aliphatic rings. The number of benzene rings is 1. The van der Waals surface area contributed by atoms with Crippen molar-refractivity contribution in [1.29, 1.82) is 0 Å². The lowest BCUT2D eigenvalue weighted by Crippen LogP contribution is -2.46. The third-order valence-corrected chi connectivity index (χ3v) is 5.00. The van der Waals surface area contributed by atoms with E-state index in [1.54, 1.807) is 0 Å². The molecule has 27 heavy (non-hydrogen) atoms. The summed E-state index contributed by atoms with van der Waals surface area (Å²) in [5.74, 6) is 3.46. The number of fused-ring (bicyclic) bond motifs is 1.